The summed E-state index contributed by atoms with van der Waals surface area (Å²) in [4.78, 5) is 3.95. The number of nitrogens with one attached hydrogen (secondary N) is 1. The van der Waals surface area contributed by atoms with E-state index >= 15 is 0 Å². The SMILES string of the molecule is CN/N=C/c1cnccc1Br. The lowest BCUT2D eigenvalue weighted by atomic mass is 10.3. The Balaban J connectivity index is 2.86. The number of hydrogen-bond donors (Lipinski definition) is 1. The smallest absolute Gasteiger partial charge is 0.0567 e. The van der Waals surface area contributed by atoms with Crippen LogP contribution in [0.5, 0.6) is 0 Å². The van der Waals surface area contributed by atoms with Gasteiger partial charge in [-0.25, -0.2) is 0 Å². The minimum absolute atomic E-state index is 0.960. The third-order valence-corrected chi connectivity index (χ3v) is 1.85. The first-order chi connectivity index (χ1) is 5.34. The molecule has 0 saturated carbocycles. The van der Waals surface area contributed by atoms with Crippen LogP contribution < -0.4 is 5.43 Å². The topological polar surface area (TPSA) is 37.3 Å². The van der Waals surface area contributed by atoms with Crippen molar-refractivity contribution in [3.8, 4) is 0 Å². The quantitative estimate of drug-likeness (QED) is 0.596. The van der Waals surface area contributed by atoms with Gasteiger partial charge in [-0.05, 0) is 6.07 Å². The number of aromatic nitrogens is 1. The fourth-order valence-electron chi connectivity index (χ4n) is 0.619. The molecule has 0 aliphatic rings. The highest BCUT2D eigenvalue weighted by atomic mass is 79.9. The van der Waals surface area contributed by atoms with E-state index in [2.05, 4.69) is 31.4 Å². The van der Waals surface area contributed by atoms with E-state index in [-0.39, 0.29) is 0 Å². The van der Waals surface area contributed by atoms with Gasteiger partial charge < -0.3 is 5.43 Å². The lowest BCUT2D eigenvalue weighted by molar-refractivity contribution is 0.907. The van der Waals surface area contributed by atoms with E-state index in [4.69, 9.17) is 0 Å². The van der Waals surface area contributed by atoms with Crippen LogP contribution in [0.2, 0.25) is 0 Å². The van der Waals surface area contributed by atoms with Crippen molar-refractivity contribution in [2.24, 2.45) is 5.10 Å². The molecule has 0 spiro atoms. The Kier molecular flexibility index (Phi) is 3.04. The summed E-state index contributed by atoms with van der Waals surface area (Å²) in [6.45, 7) is 0. The molecule has 0 bridgehead atoms. The van der Waals surface area contributed by atoms with Crippen LogP contribution in [0.4, 0.5) is 0 Å². The van der Waals surface area contributed by atoms with Gasteiger partial charge in [0, 0.05) is 29.5 Å². The predicted octanol–water partition coefficient (Wildman–Crippen LogP) is 1.40. The lowest BCUT2D eigenvalue weighted by Crippen LogP contribution is -1.95. The molecule has 3 nitrogen and oxygen atoms in total. The normalized spacial score (nSPS) is 10.4. The Bertz CT molecular complexity index is 260. The Morgan fingerprint density at radius 3 is 3.18 bits per heavy atom. The first-order valence-corrected chi connectivity index (χ1v) is 3.93. The molecule has 4 heteroatoms. The lowest BCUT2D eigenvalue weighted by Gasteiger charge is -1.94. The molecule has 58 valence electrons. The van der Waals surface area contributed by atoms with Crippen molar-refractivity contribution in [1.82, 2.24) is 10.4 Å². The van der Waals surface area contributed by atoms with Crippen LogP contribution in [-0.2, 0) is 0 Å². The van der Waals surface area contributed by atoms with Crippen LogP contribution in [0.15, 0.2) is 28.0 Å². The number of hydrogen-bond acceptors (Lipinski definition) is 3. The number of rotatable bonds is 2. The second-order valence-corrected chi connectivity index (χ2v) is 2.73. The third-order valence-electron chi connectivity index (χ3n) is 1.13. The number of nitrogens with zero attached hydrogens (tertiary/aromatic N) is 2. The second-order valence-electron chi connectivity index (χ2n) is 1.88. The third kappa shape index (κ3) is 2.31. The molecular formula is C7H8BrN3. The van der Waals surface area contributed by atoms with Crippen LogP contribution in [0, 0.1) is 0 Å². The molecule has 0 unspecified atom stereocenters. The van der Waals surface area contributed by atoms with Gasteiger partial charge >= 0.3 is 0 Å². The molecule has 0 aromatic carbocycles. The van der Waals surface area contributed by atoms with Crippen molar-refractivity contribution in [3.05, 3.63) is 28.5 Å². The van der Waals surface area contributed by atoms with Gasteiger partial charge in [-0.1, -0.05) is 15.9 Å². The van der Waals surface area contributed by atoms with E-state index in [1.54, 1.807) is 25.7 Å². The van der Waals surface area contributed by atoms with Crippen LogP contribution in [0.1, 0.15) is 5.56 Å². The molecule has 0 fully saturated rings. The van der Waals surface area contributed by atoms with Gasteiger partial charge in [0.25, 0.3) is 0 Å². The van der Waals surface area contributed by atoms with Gasteiger partial charge in [0.1, 0.15) is 0 Å². The Morgan fingerprint density at radius 1 is 1.73 bits per heavy atom. The zero-order valence-corrected chi connectivity index (χ0v) is 7.67. The molecular weight excluding hydrogens is 206 g/mol. The van der Waals surface area contributed by atoms with Crippen molar-refractivity contribution in [2.75, 3.05) is 7.05 Å². The molecule has 1 rings (SSSR count). The zero-order valence-electron chi connectivity index (χ0n) is 6.08. The Labute approximate surface area is 73.7 Å². The van der Waals surface area contributed by atoms with Crippen LogP contribution in [0.3, 0.4) is 0 Å². The van der Waals surface area contributed by atoms with Crippen molar-refractivity contribution in [2.45, 2.75) is 0 Å². The number of hydrazone groups is 1. The maximum atomic E-state index is 3.95. The second kappa shape index (κ2) is 4.08. The summed E-state index contributed by atoms with van der Waals surface area (Å²) in [7, 11) is 1.75. The van der Waals surface area contributed by atoms with Crippen molar-refractivity contribution in [3.63, 3.8) is 0 Å². The highest BCUT2D eigenvalue weighted by molar-refractivity contribution is 9.10. The molecule has 0 radical (unpaired) electrons. The molecule has 11 heavy (non-hydrogen) atoms. The minimum atomic E-state index is 0.960. The van der Waals surface area contributed by atoms with E-state index in [0.717, 1.165) is 10.0 Å². The fraction of sp³-hybridized carbons (Fsp3) is 0.143. The maximum absolute atomic E-state index is 3.95. The van der Waals surface area contributed by atoms with E-state index in [1.807, 2.05) is 6.07 Å². The average Bonchev–Trinajstić information content (AvgIpc) is 2.03. The summed E-state index contributed by atoms with van der Waals surface area (Å²) in [5, 5.41) is 3.86. The van der Waals surface area contributed by atoms with E-state index in [1.165, 1.54) is 0 Å². The summed E-state index contributed by atoms with van der Waals surface area (Å²) in [5.41, 5.74) is 3.62. The molecule has 1 N–H and O–H groups in total. The fourth-order valence-corrected chi connectivity index (χ4v) is 0.942. The van der Waals surface area contributed by atoms with Gasteiger partial charge in [-0.15, -0.1) is 0 Å². The van der Waals surface area contributed by atoms with E-state index < -0.39 is 0 Å². The monoisotopic (exact) mass is 213 g/mol. The minimum Gasteiger partial charge on any atom is -0.313 e. The number of pyridine rings is 1. The highest BCUT2D eigenvalue weighted by Crippen LogP contribution is 2.11. The Hall–Kier alpha value is -0.900. The molecule has 0 aliphatic carbocycles. The van der Waals surface area contributed by atoms with Gasteiger partial charge in [0.2, 0.25) is 0 Å². The maximum Gasteiger partial charge on any atom is 0.0567 e. The molecule has 1 aromatic rings. The summed E-state index contributed by atoms with van der Waals surface area (Å²) >= 11 is 3.37. The standard InChI is InChI=1S/C7H8BrN3/c1-9-11-5-6-4-10-3-2-7(6)8/h2-5,9H,1H3/b11-5+. The predicted molar refractivity (Wildman–Crippen MR) is 48.6 cm³/mol. The van der Waals surface area contributed by atoms with Crippen LogP contribution in [0.25, 0.3) is 0 Å². The summed E-state index contributed by atoms with van der Waals surface area (Å²) in [6.07, 6.45) is 5.17. The molecule has 0 saturated heterocycles. The molecule has 0 aliphatic heterocycles. The van der Waals surface area contributed by atoms with Crippen molar-refractivity contribution < 1.29 is 0 Å². The van der Waals surface area contributed by atoms with Gasteiger partial charge in [-0.3, -0.25) is 4.98 Å². The summed E-state index contributed by atoms with van der Waals surface area (Å²) < 4.78 is 0.992. The van der Waals surface area contributed by atoms with E-state index in [0.29, 0.717) is 0 Å². The first kappa shape index (κ1) is 8.20. The number of halogens is 1. The first-order valence-electron chi connectivity index (χ1n) is 3.14. The van der Waals surface area contributed by atoms with Gasteiger partial charge in [0.05, 0.1) is 6.21 Å². The van der Waals surface area contributed by atoms with Gasteiger partial charge in [-0.2, -0.15) is 5.10 Å². The van der Waals surface area contributed by atoms with Crippen molar-refractivity contribution in [1.29, 1.82) is 0 Å². The van der Waals surface area contributed by atoms with Crippen LogP contribution in [-0.4, -0.2) is 18.2 Å². The summed E-state index contributed by atoms with van der Waals surface area (Å²) in [6, 6.07) is 1.87. The van der Waals surface area contributed by atoms with E-state index in [9.17, 15) is 0 Å². The molecule has 0 amide bonds. The largest absolute Gasteiger partial charge is 0.313 e. The molecule has 0 atom stereocenters. The van der Waals surface area contributed by atoms with Gasteiger partial charge in [0.15, 0.2) is 0 Å². The van der Waals surface area contributed by atoms with Crippen LogP contribution >= 0.6 is 15.9 Å². The molecule has 1 heterocycles. The van der Waals surface area contributed by atoms with Crippen molar-refractivity contribution >= 4 is 22.1 Å². The Morgan fingerprint density at radius 2 is 2.55 bits per heavy atom. The average molecular weight is 214 g/mol. The zero-order chi connectivity index (χ0) is 8.10. The summed E-state index contributed by atoms with van der Waals surface area (Å²) in [5.74, 6) is 0. The molecule has 1 aromatic heterocycles. The highest BCUT2D eigenvalue weighted by Gasteiger charge is 1.92.